The van der Waals surface area contributed by atoms with Gasteiger partial charge in [-0.05, 0) is 67.8 Å². The summed E-state index contributed by atoms with van der Waals surface area (Å²) in [5.74, 6) is 2.01. The highest BCUT2D eigenvalue weighted by molar-refractivity contribution is 5.85. The molecule has 0 fully saturated rings. The second kappa shape index (κ2) is 12.2. The van der Waals surface area contributed by atoms with Crippen molar-refractivity contribution in [2.24, 2.45) is 5.10 Å². The number of nitrogens with zero attached hydrogens (tertiary/aromatic N) is 3. The summed E-state index contributed by atoms with van der Waals surface area (Å²) in [4.78, 5) is 18.5. The molecule has 0 amide bonds. The van der Waals surface area contributed by atoms with Gasteiger partial charge in [0.1, 0.15) is 12.2 Å². The Morgan fingerprint density at radius 2 is 1.81 bits per heavy atom. The minimum absolute atomic E-state index is 0.299. The number of ether oxygens (including phenoxy) is 2. The molecule has 0 N–H and O–H groups in total. The molecule has 0 saturated carbocycles. The van der Waals surface area contributed by atoms with Gasteiger partial charge in [-0.1, -0.05) is 66.2 Å². The number of hydrogen-bond donors (Lipinski definition) is 0. The topological polar surface area (TPSA) is 78.9 Å². The Labute approximate surface area is 249 Å². The Morgan fingerprint density at radius 3 is 2.63 bits per heavy atom. The highest BCUT2D eigenvalue weighted by atomic mass is 16.5. The maximum Gasteiger partial charge on any atom is 0.282 e. The summed E-state index contributed by atoms with van der Waals surface area (Å²) in [6.07, 6.45) is 4.01. The molecule has 6 aromatic rings. The van der Waals surface area contributed by atoms with Crippen molar-refractivity contribution >= 4 is 28.1 Å². The number of furan rings is 1. The van der Waals surface area contributed by atoms with Crippen LogP contribution in [0.1, 0.15) is 29.2 Å². The average molecular weight is 570 g/mol. The van der Waals surface area contributed by atoms with Crippen LogP contribution >= 0.6 is 0 Å². The first-order valence-electron chi connectivity index (χ1n) is 14.2. The van der Waals surface area contributed by atoms with Crippen LogP contribution in [-0.2, 0) is 13.0 Å². The second-order valence-corrected chi connectivity index (χ2v) is 10.2. The quantitative estimate of drug-likeness (QED) is 0.125. The number of hydrogen-bond acceptors (Lipinski definition) is 6. The SMILES string of the molecule is C=CCc1cc(C=Nn2c(-c3cc4ccccc4o3)nc3ccccc3c2=O)cc(OCC)c1OCc1cccc(C)c1. The van der Waals surface area contributed by atoms with Gasteiger partial charge in [0.25, 0.3) is 5.56 Å². The van der Waals surface area contributed by atoms with E-state index in [9.17, 15) is 4.79 Å². The van der Waals surface area contributed by atoms with Gasteiger partial charge in [0.2, 0.25) is 5.82 Å². The summed E-state index contributed by atoms with van der Waals surface area (Å²) in [6, 6.07) is 28.8. The molecule has 0 aliphatic heterocycles. The molecule has 43 heavy (non-hydrogen) atoms. The summed E-state index contributed by atoms with van der Waals surface area (Å²) >= 11 is 0. The molecule has 0 atom stereocenters. The van der Waals surface area contributed by atoms with Crippen molar-refractivity contribution in [3.05, 3.63) is 136 Å². The molecule has 0 saturated heterocycles. The lowest BCUT2D eigenvalue weighted by Crippen LogP contribution is -2.20. The van der Waals surface area contributed by atoms with Gasteiger partial charge >= 0.3 is 0 Å². The maximum atomic E-state index is 13.7. The van der Waals surface area contributed by atoms with Gasteiger partial charge in [-0.3, -0.25) is 4.79 Å². The summed E-state index contributed by atoms with van der Waals surface area (Å²) in [5, 5.41) is 6.01. The van der Waals surface area contributed by atoms with Gasteiger partial charge in [-0.15, -0.1) is 6.58 Å². The van der Waals surface area contributed by atoms with E-state index in [0.29, 0.717) is 59.2 Å². The lowest BCUT2D eigenvalue weighted by atomic mass is 10.1. The van der Waals surface area contributed by atoms with Crippen LogP contribution in [0.25, 0.3) is 33.5 Å². The van der Waals surface area contributed by atoms with E-state index in [0.717, 1.165) is 22.1 Å². The zero-order chi connectivity index (χ0) is 29.8. The fourth-order valence-corrected chi connectivity index (χ4v) is 5.06. The third-order valence-corrected chi connectivity index (χ3v) is 7.01. The molecular weight excluding hydrogens is 538 g/mol. The molecule has 2 heterocycles. The predicted molar refractivity (Wildman–Crippen MR) is 171 cm³/mol. The van der Waals surface area contributed by atoms with Crippen LogP contribution in [0.15, 0.2) is 118 Å². The highest BCUT2D eigenvalue weighted by Crippen LogP contribution is 2.34. The van der Waals surface area contributed by atoms with Gasteiger partial charge < -0.3 is 13.9 Å². The Kier molecular flexibility index (Phi) is 7.87. The van der Waals surface area contributed by atoms with Crippen LogP contribution in [0.5, 0.6) is 11.5 Å². The van der Waals surface area contributed by atoms with Crippen LogP contribution in [0, 0.1) is 6.92 Å². The van der Waals surface area contributed by atoms with Crippen LogP contribution in [0.3, 0.4) is 0 Å². The van der Waals surface area contributed by atoms with E-state index in [4.69, 9.17) is 18.9 Å². The molecule has 7 nitrogen and oxygen atoms in total. The van der Waals surface area contributed by atoms with Crippen molar-refractivity contribution in [2.45, 2.75) is 26.9 Å². The monoisotopic (exact) mass is 569 g/mol. The van der Waals surface area contributed by atoms with Crippen molar-refractivity contribution in [1.29, 1.82) is 0 Å². The van der Waals surface area contributed by atoms with Crippen molar-refractivity contribution in [2.75, 3.05) is 6.61 Å². The molecule has 214 valence electrons. The molecule has 4 aromatic carbocycles. The van der Waals surface area contributed by atoms with E-state index < -0.39 is 0 Å². The standard InChI is InChI=1S/C36H31N3O4/c1-4-11-28-19-26(20-32(41-5-2)34(28)42-23-25-13-10-12-24(3)18-25)22-37-39-35(33-21-27-14-6-9-17-31(27)43-33)38-30-16-8-7-15-29(30)36(39)40/h4,6-10,12-22H,1,5,11,23H2,2-3H3. The van der Waals surface area contributed by atoms with Crippen LogP contribution in [0.4, 0.5) is 0 Å². The summed E-state index contributed by atoms with van der Waals surface area (Å²) in [6.45, 7) is 8.78. The number of benzene rings is 4. The smallest absolute Gasteiger partial charge is 0.282 e. The first-order chi connectivity index (χ1) is 21.0. The normalized spacial score (nSPS) is 11.4. The van der Waals surface area contributed by atoms with E-state index in [1.807, 2.05) is 85.8 Å². The first-order valence-corrected chi connectivity index (χ1v) is 14.2. The maximum absolute atomic E-state index is 13.7. The minimum atomic E-state index is -0.299. The zero-order valence-corrected chi connectivity index (χ0v) is 24.1. The predicted octanol–water partition coefficient (Wildman–Crippen LogP) is 7.71. The third kappa shape index (κ3) is 5.83. The molecular formula is C36H31N3O4. The molecule has 7 heteroatoms. The molecule has 0 spiro atoms. The fourth-order valence-electron chi connectivity index (χ4n) is 5.06. The van der Waals surface area contributed by atoms with Gasteiger partial charge in [0.15, 0.2) is 17.3 Å². The Bertz CT molecular complexity index is 2000. The molecule has 0 radical (unpaired) electrons. The van der Waals surface area contributed by atoms with Gasteiger partial charge in [0, 0.05) is 10.9 Å². The summed E-state index contributed by atoms with van der Waals surface area (Å²) in [5.41, 5.74) is 4.84. The number of aromatic nitrogens is 2. The molecule has 6 rings (SSSR count). The molecule has 0 unspecified atom stereocenters. The van der Waals surface area contributed by atoms with E-state index >= 15 is 0 Å². The van der Waals surface area contributed by atoms with E-state index in [-0.39, 0.29) is 5.56 Å². The second-order valence-electron chi connectivity index (χ2n) is 10.2. The molecule has 2 aromatic heterocycles. The highest BCUT2D eigenvalue weighted by Gasteiger charge is 2.17. The van der Waals surface area contributed by atoms with Crippen molar-refractivity contribution < 1.29 is 13.9 Å². The number of fused-ring (bicyclic) bond motifs is 2. The van der Waals surface area contributed by atoms with Crippen molar-refractivity contribution in [1.82, 2.24) is 9.66 Å². The molecule has 0 aliphatic carbocycles. The Balaban J connectivity index is 1.43. The average Bonchev–Trinajstić information content (AvgIpc) is 3.45. The van der Waals surface area contributed by atoms with Crippen molar-refractivity contribution in [3.63, 3.8) is 0 Å². The molecule has 0 bridgehead atoms. The van der Waals surface area contributed by atoms with Crippen LogP contribution in [-0.4, -0.2) is 22.5 Å². The van der Waals surface area contributed by atoms with Gasteiger partial charge in [0.05, 0.1) is 23.7 Å². The first kappa shape index (κ1) is 27.7. The van der Waals surface area contributed by atoms with E-state index in [1.165, 1.54) is 10.2 Å². The lowest BCUT2D eigenvalue weighted by Gasteiger charge is -2.17. The number of para-hydroxylation sites is 2. The Morgan fingerprint density at radius 1 is 0.977 bits per heavy atom. The number of rotatable bonds is 10. The third-order valence-electron chi connectivity index (χ3n) is 7.01. The van der Waals surface area contributed by atoms with Crippen LogP contribution in [0.2, 0.25) is 0 Å². The largest absolute Gasteiger partial charge is 0.490 e. The van der Waals surface area contributed by atoms with Gasteiger partial charge in [-0.2, -0.15) is 9.78 Å². The number of allylic oxidation sites excluding steroid dienone is 1. The van der Waals surface area contributed by atoms with E-state index in [2.05, 4.69) is 30.7 Å². The minimum Gasteiger partial charge on any atom is -0.490 e. The number of aryl methyl sites for hydroxylation is 1. The fraction of sp³-hybridized carbons (Fsp3) is 0.139. The van der Waals surface area contributed by atoms with Crippen molar-refractivity contribution in [3.8, 4) is 23.1 Å². The summed E-state index contributed by atoms with van der Waals surface area (Å²) < 4.78 is 19.7. The van der Waals surface area contributed by atoms with E-state index in [1.54, 1.807) is 12.3 Å². The Hall–Kier alpha value is -5.43. The summed E-state index contributed by atoms with van der Waals surface area (Å²) in [7, 11) is 0. The van der Waals surface area contributed by atoms with Crippen LogP contribution < -0.4 is 15.0 Å². The lowest BCUT2D eigenvalue weighted by molar-refractivity contribution is 0.267. The molecule has 0 aliphatic rings. The zero-order valence-electron chi connectivity index (χ0n) is 24.1. The van der Waals surface area contributed by atoms with Gasteiger partial charge in [-0.25, -0.2) is 4.98 Å².